The Kier molecular flexibility index (Phi) is 5.68. The number of aliphatic imine (C=N–C) groups is 1. The first kappa shape index (κ1) is 22.5. The van der Waals surface area contributed by atoms with E-state index >= 15 is 0 Å². The molecule has 0 spiro atoms. The summed E-state index contributed by atoms with van der Waals surface area (Å²) in [6, 6.07) is -2.56. The van der Waals surface area contributed by atoms with E-state index in [9.17, 15) is 18.0 Å². The zero-order chi connectivity index (χ0) is 23.9. The highest BCUT2D eigenvalue weighted by Gasteiger charge is 2.53. The van der Waals surface area contributed by atoms with E-state index in [1.54, 1.807) is 31.2 Å². The first-order chi connectivity index (χ1) is 15.6. The smallest absolute Gasteiger partial charge is 0.323 e. The number of hydrogen-bond donors (Lipinski definition) is 3. The largest absolute Gasteiger partial charge is 0.431 e. The van der Waals surface area contributed by atoms with Crippen molar-refractivity contribution in [1.29, 1.82) is 0 Å². The molecule has 0 aromatic carbocycles. The van der Waals surface area contributed by atoms with Gasteiger partial charge in [-0.2, -0.15) is 23.7 Å². The number of urea groups is 1. The molecule has 16 nitrogen and oxygen atoms in total. The quantitative estimate of drug-likeness (QED) is 0.210. The highest BCUT2D eigenvalue weighted by molar-refractivity contribution is 7.80. The molecule has 2 atom stereocenters. The first-order valence-corrected chi connectivity index (χ1v) is 10.9. The molecular formula is C16H21N9O7S. The third-order valence-electron chi connectivity index (χ3n) is 5.15. The lowest BCUT2D eigenvalue weighted by Gasteiger charge is -2.31. The van der Waals surface area contributed by atoms with Crippen molar-refractivity contribution in [2.24, 2.45) is 19.1 Å². The highest BCUT2D eigenvalue weighted by atomic mass is 32.3. The van der Waals surface area contributed by atoms with Gasteiger partial charge in [-0.1, -0.05) is 0 Å². The Hall–Kier alpha value is -3.70. The van der Waals surface area contributed by atoms with Gasteiger partial charge in [0.25, 0.3) is 0 Å². The summed E-state index contributed by atoms with van der Waals surface area (Å²) in [5, 5.41) is 11.3. The van der Waals surface area contributed by atoms with E-state index in [1.165, 1.54) is 22.8 Å². The van der Waals surface area contributed by atoms with Gasteiger partial charge >= 0.3 is 22.5 Å². The van der Waals surface area contributed by atoms with Gasteiger partial charge in [0.15, 0.2) is 5.84 Å². The fourth-order valence-electron chi connectivity index (χ4n) is 3.80. The van der Waals surface area contributed by atoms with E-state index < -0.39 is 34.6 Å². The minimum atomic E-state index is -4.95. The van der Waals surface area contributed by atoms with Crippen LogP contribution in [0.3, 0.4) is 0 Å². The lowest BCUT2D eigenvalue weighted by molar-refractivity contribution is -0.0316. The normalized spacial score (nSPS) is 20.1. The fourth-order valence-corrected chi connectivity index (χ4v) is 4.17. The average Bonchev–Trinajstić information content (AvgIpc) is 3.41. The second-order valence-electron chi connectivity index (χ2n) is 7.27. The van der Waals surface area contributed by atoms with Crippen LogP contribution in [-0.2, 0) is 40.2 Å². The van der Waals surface area contributed by atoms with Crippen LogP contribution < -0.4 is 10.8 Å². The van der Waals surface area contributed by atoms with Crippen molar-refractivity contribution in [3.05, 3.63) is 35.4 Å². The summed E-state index contributed by atoms with van der Waals surface area (Å²) in [6.45, 7) is 0.197. The molecule has 0 saturated carbocycles. The number of rotatable bonds is 5. The van der Waals surface area contributed by atoms with Gasteiger partial charge < -0.3 is 15.1 Å². The molecule has 1 saturated heterocycles. The van der Waals surface area contributed by atoms with Crippen molar-refractivity contribution >= 4 is 28.4 Å². The molecule has 2 aliphatic heterocycles. The molecule has 2 bridgehead atoms. The highest BCUT2D eigenvalue weighted by Crippen LogP contribution is 2.44. The van der Waals surface area contributed by atoms with Crippen LogP contribution in [0.15, 0.2) is 23.6 Å². The zero-order valence-corrected chi connectivity index (χ0v) is 18.6. The Morgan fingerprint density at radius 1 is 1.33 bits per heavy atom. The van der Waals surface area contributed by atoms with E-state index in [4.69, 9.17) is 9.39 Å². The molecule has 0 radical (unpaired) electrons. The zero-order valence-electron chi connectivity index (χ0n) is 17.7. The average molecular weight is 483 g/mol. The van der Waals surface area contributed by atoms with Crippen molar-refractivity contribution in [2.45, 2.75) is 18.6 Å². The number of aryl methyl sites for hydroxylation is 2. The van der Waals surface area contributed by atoms with E-state index in [2.05, 4.69) is 30.3 Å². The Bertz CT molecular complexity index is 1220. The van der Waals surface area contributed by atoms with E-state index in [1.807, 2.05) is 0 Å². The molecule has 0 aliphatic carbocycles. The van der Waals surface area contributed by atoms with Crippen LogP contribution in [0.4, 0.5) is 9.59 Å². The number of carbonyl (C=O) groups excluding carboxylic acids is 2. The Morgan fingerprint density at radius 3 is 2.73 bits per heavy atom. The minimum absolute atomic E-state index is 0.0195. The SMILES string of the molecule is CN=C(NOC(=O)NCc1cnn(C)c1)[C@@H]1c2c(cnn2C)C2CN1C(=O)N2OS(=O)(=O)O. The van der Waals surface area contributed by atoms with Gasteiger partial charge in [0.05, 0.1) is 24.6 Å². The van der Waals surface area contributed by atoms with E-state index in [0.29, 0.717) is 16.3 Å². The molecule has 3 N–H and O–H groups in total. The van der Waals surface area contributed by atoms with Gasteiger partial charge in [0.1, 0.15) is 12.1 Å². The minimum Gasteiger partial charge on any atom is -0.323 e. The summed E-state index contributed by atoms with van der Waals surface area (Å²) < 4.78 is 39.1. The molecule has 2 aromatic rings. The molecule has 17 heteroatoms. The van der Waals surface area contributed by atoms with Crippen LogP contribution in [0.5, 0.6) is 0 Å². The lowest BCUT2D eigenvalue weighted by Crippen LogP contribution is -2.45. The van der Waals surface area contributed by atoms with Gasteiger partial charge in [-0.3, -0.25) is 18.9 Å². The van der Waals surface area contributed by atoms with Gasteiger partial charge in [-0.05, 0) is 0 Å². The Balaban J connectivity index is 1.51. The summed E-state index contributed by atoms with van der Waals surface area (Å²) in [7, 11) is -0.144. The van der Waals surface area contributed by atoms with Gasteiger partial charge in [0.2, 0.25) is 0 Å². The molecular weight excluding hydrogens is 462 g/mol. The summed E-state index contributed by atoms with van der Waals surface area (Å²) in [5.41, 5.74) is 4.20. The predicted octanol–water partition coefficient (Wildman–Crippen LogP) is -0.819. The van der Waals surface area contributed by atoms with Crippen LogP contribution in [0.25, 0.3) is 0 Å². The number of aromatic nitrogens is 4. The van der Waals surface area contributed by atoms with Crippen molar-refractivity contribution in [2.75, 3.05) is 13.6 Å². The summed E-state index contributed by atoms with van der Waals surface area (Å²) >= 11 is 0. The third-order valence-corrected chi connectivity index (χ3v) is 5.50. The number of nitrogens with zero attached hydrogens (tertiary/aromatic N) is 7. The number of hydrogen-bond acceptors (Lipinski definition) is 9. The fraction of sp³-hybridized carbons (Fsp3) is 0.438. The van der Waals surface area contributed by atoms with Crippen LogP contribution >= 0.6 is 0 Å². The molecule has 4 heterocycles. The van der Waals surface area contributed by atoms with Gasteiger partial charge in [0, 0.05) is 45.0 Å². The third kappa shape index (κ3) is 4.32. The molecule has 1 unspecified atom stereocenters. The van der Waals surface area contributed by atoms with Crippen LogP contribution in [-0.4, -0.2) is 74.0 Å². The Morgan fingerprint density at radius 2 is 2.09 bits per heavy atom. The van der Waals surface area contributed by atoms with Crippen molar-refractivity contribution < 1.29 is 31.7 Å². The van der Waals surface area contributed by atoms with Crippen molar-refractivity contribution in [3.8, 4) is 0 Å². The Labute approximate surface area is 187 Å². The summed E-state index contributed by atoms with van der Waals surface area (Å²) in [4.78, 5) is 35.4. The molecule has 3 amide bonds. The number of amidine groups is 1. The lowest BCUT2D eigenvalue weighted by atomic mass is 9.97. The molecule has 2 aliphatic rings. The maximum absolute atomic E-state index is 12.9. The predicted molar refractivity (Wildman–Crippen MR) is 108 cm³/mol. The number of hydroxylamine groups is 3. The molecule has 33 heavy (non-hydrogen) atoms. The number of nitrogens with one attached hydrogen (secondary N) is 2. The van der Waals surface area contributed by atoms with Gasteiger partial charge in [-0.25, -0.2) is 15.1 Å². The van der Waals surface area contributed by atoms with Gasteiger partial charge in [-0.15, -0.1) is 4.28 Å². The first-order valence-electron chi connectivity index (χ1n) is 9.52. The second kappa shape index (κ2) is 8.34. The number of carbonyl (C=O) groups is 2. The van der Waals surface area contributed by atoms with E-state index in [-0.39, 0.29) is 18.9 Å². The summed E-state index contributed by atoms with van der Waals surface area (Å²) in [5.74, 6) is 0.0804. The topological polar surface area (TPSA) is 186 Å². The van der Waals surface area contributed by atoms with Crippen molar-refractivity contribution in [3.63, 3.8) is 0 Å². The standard InChI is InChI=1S/C16H21N9O7S/c1-17-14(21-31-15(26)18-4-9-5-19-22(2)7-9)13-12-10(6-20-23(12)3)11-8-24(13)16(27)25(11)32-33(28,29)30/h5-7,11,13H,4,8H2,1-3H3,(H,17,21)(H,18,26)(H,28,29,30)/t11?,13-/m0/s1. The molecule has 4 rings (SSSR count). The van der Waals surface area contributed by atoms with Crippen LogP contribution in [0.1, 0.15) is 28.9 Å². The molecule has 2 aromatic heterocycles. The molecule has 178 valence electrons. The number of amides is 3. The van der Waals surface area contributed by atoms with Crippen LogP contribution in [0.2, 0.25) is 0 Å². The number of fused-ring (bicyclic) bond motifs is 4. The maximum atomic E-state index is 12.9. The van der Waals surface area contributed by atoms with Crippen LogP contribution in [0, 0.1) is 0 Å². The summed E-state index contributed by atoms with van der Waals surface area (Å²) in [6.07, 6.45) is 3.98. The van der Waals surface area contributed by atoms with Crippen molar-refractivity contribution in [1.82, 2.24) is 40.3 Å². The second-order valence-corrected chi connectivity index (χ2v) is 8.27. The van der Waals surface area contributed by atoms with E-state index in [0.717, 1.165) is 5.56 Å². The monoisotopic (exact) mass is 483 g/mol. The molecule has 1 fully saturated rings. The maximum Gasteiger partial charge on any atom is 0.431 e.